The van der Waals surface area contributed by atoms with Gasteiger partial charge in [-0.15, -0.1) is 0 Å². The van der Waals surface area contributed by atoms with Crippen LogP contribution in [0.4, 0.5) is 11.4 Å². The average molecular weight is 449 g/mol. The van der Waals surface area contributed by atoms with Gasteiger partial charge in [0.25, 0.3) is 11.8 Å². The van der Waals surface area contributed by atoms with E-state index in [0.29, 0.717) is 33.5 Å². The molecule has 0 radical (unpaired) electrons. The maximum Gasteiger partial charge on any atom is 0.282 e. The molecule has 4 rings (SSSR count). The smallest absolute Gasteiger partial charge is 0.282 e. The Bertz CT molecular complexity index is 1240. The Hall–Kier alpha value is -3.77. The zero-order valence-corrected chi connectivity index (χ0v) is 18.6. The zero-order chi connectivity index (χ0) is 22.8. The van der Waals surface area contributed by atoms with E-state index < -0.39 is 11.8 Å². The summed E-state index contributed by atoms with van der Waals surface area (Å²) in [6.07, 6.45) is 0. The first-order chi connectivity index (χ1) is 15.4. The van der Waals surface area contributed by atoms with Crippen molar-refractivity contribution in [2.45, 2.75) is 6.92 Å². The number of imide groups is 1. The molecular weight excluding hydrogens is 428 g/mol. The topological polar surface area (TPSA) is 67.9 Å². The summed E-state index contributed by atoms with van der Waals surface area (Å²) in [4.78, 5) is 28.3. The Morgan fingerprint density at radius 1 is 0.844 bits per heavy atom. The molecule has 3 aromatic carbocycles. The molecule has 1 heterocycles. The molecule has 0 saturated heterocycles. The van der Waals surface area contributed by atoms with Crippen LogP contribution in [0.5, 0.6) is 11.5 Å². The van der Waals surface area contributed by atoms with E-state index >= 15 is 0 Å². The van der Waals surface area contributed by atoms with Gasteiger partial charge in [-0.3, -0.25) is 9.59 Å². The van der Waals surface area contributed by atoms with Crippen LogP contribution in [0.1, 0.15) is 11.1 Å². The molecule has 32 heavy (non-hydrogen) atoms. The Morgan fingerprint density at radius 3 is 2.19 bits per heavy atom. The molecular formula is C25H21ClN2O4. The third kappa shape index (κ3) is 3.81. The first-order valence-corrected chi connectivity index (χ1v) is 10.3. The van der Waals surface area contributed by atoms with Crippen LogP contribution in [0, 0.1) is 6.92 Å². The van der Waals surface area contributed by atoms with E-state index in [4.69, 9.17) is 21.1 Å². The minimum Gasteiger partial charge on any atom is -0.495 e. The normalized spacial score (nSPS) is 13.6. The van der Waals surface area contributed by atoms with Crippen molar-refractivity contribution in [1.29, 1.82) is 0 Å². The van der Waals surface area contributed by atoms with Crippen LogP contribution in [-0.2, 0) is 9.59 Å². The van der Waals surface area contributed by atoms with Gasteiger partial charge in [-0.05, 0) is 48.4 Å². The monoisotopic (exact) mass is 448 g/mol. The summed E-state index contributed by atoms with van der Waals surface area (Å²) < 4.78 is 10.6. The maximum atomic E-state index is 13.6. The molecule has 0 atom stereocenters. The first-order valence-electron chi connectivity index (χ1n) is 9.88. The van der Waals surface area contributed by atoms with Gasteiger partial charge in [-0.25, -0.2) is 4.90 Å². The molecule has 0 fully saturated rings. The molecule has 0 spiro atoms. The van der Waals surface area contributed by atoms with Gasteiger partial charge in [-0.1, -0.05) is 48.0 Å². The second kappa shape index (κ2) is 8.77. The van der Waals surface area contributed by atoms with Crippen molar-refractivity contribution in [3.63, 3.8) is 0 Å². The summed E-state index contributed by atoms with van der Waals surface area (Å²) in [6.45, 7) is 1.89. The number of nitrogens with one attached hydrogen (secondary N) is 1. The van der Waals surface area contributed by atoms with Gasteiger partial charge in [0.1, 0.15) is 17.2 Å². The lowest BCUT2D eigenvalue weighted by molar-refractivity contribution is -0.120. The quantitative estimate of drug-likeness (QED) is 0.534. The molecule has 162 valence electrons. The lowest BCUT2D eigenvalue weighted by Gasteiger charge is -2.19. The molecule has 2 amide bonds. The van der Waals surface area contributed by atoms with Crippen molar-refractivity contribution in [3.8, 4) is 11.5 Å². The van der Waals surface area contributed by atoms with Crippen molar-refractivity contribution in [3.05, 3.63) is 88.6 Å². The molecule has 0 aliphatic carbocycles. The number of rotatable bonds is 6. The summed E-state index contributed by atoms with van der Waals surface area (Å²) in [6, 6.07) is 19.5. The summed E-state index contributed by atoms with van der Waals surface area (Å²) in [7, 11) is 3.03. The Balaban J connectivity index is 1.83. The minimum atomic E-state index is -0.482. The van der Waals surface area contributed by atoms with Crippen molar-refractivity contribution in [1.82, 2.24) is 0 Å². The summed E-state index contributed by atoms with van der Waals surface area (Å²) in [5.41, 5.74) is 2.89. The van der Waals surface area contributed by atoms with Crippen LogP contribution in [-0.4, -0.2) is 26.0 Å². The lowest BCUT2D eigenvalue weighted by atomic mass is 10.0. The van der Waals surface area contributed by atoms with Gasteiger partial charge in [0, 0.05) is 5.69 Å². The van der Waals surface area contributed by atoms with Gasteiger partial charge >= 0.3 is 0 Å². The Labute approximate surface area is 191 Å². The number of hydrogen-bond donors (Lipinski definition) is 1. The number of amides is 2. The fraction of sp³-hybridized carbons (Fsp3) is 0.120. The van der Waals surface area contributed by atoms with E-state index in [1.807, 2.05) is 31.2 Å². The number of anilines is 2. The number of hydrogen-bond acceptors (Lipinski definition) is 5. The van der Waals surface area contributed by atoms with E-state index in [1.54, 1.807) is 42.5 Å². The van der Waals surface area contributed by atoms with E-state index in [9.17, 15) is 9.59 Å². The van der Waals surface area contributed by atoms with Crippen LogP contribution in [0.15, 0.2) is 72.4 Å². The van der Waals surface area contributed by atoms with Gasteiger partial charge in [0.15, 0.2) is 0 Å². The second-order valence-corrected chi connectivity index (χ2v) is 7.62. The van der Waals surface area contributed by atoms with Crippen molar-refractivity contribution >= 4 is 40.4 Å². The highest BCUT2D eigenvalue weighted by atomic mass is 35.5. The van der Waals surface area contributed by atoms with Gasteiger partial charge in [-0.2, -0.15) is 0 Å². The van der Waals surface area contributed by atoms with Crippen molar-refractivity contribution in [2.75, 3.05) is 24.4 Å². The zero-order valence-electron chi connectivity index (χ0n) is 17.8. The fourth-order valence-electron chi connectivity index (χ4n) is 3.60. The number of halogens is 1. The highest BCUT2D eigenvalue weighted by molar-refractivity contribution is 6.46. The molecule has 0 bridgehead atoms. The number of benzene rings is 3. The van der Waals surface area contributed by atoms with Crippen molar-refractivity contribution in [2.24, 2.45) is 0 Å². The average Bonchev–Trinajstić information content (AvgIpc) is 3.03. The number of methoxy groups -OCH3 is 2. The van der Waals surface area contributed by atoms with Crippen LogP contribution in [0.25, 0.3) is 5.57 Å². The third-order valence-electron chi connectivity index (χ3n) is 5.14. The molecule has 6 nitrogen and oxygen atoms in total. The van der Waals surface area contributed by atoms with Crippen LogP contribution in [0.3, 0.4) is 0 Å². The van der Waals surface area contributed by atoms with Crippen LogP contribution in [0.2, 0.25) is 5.02 Å². The predicted octanol–water partition coefficient (Wildman–Crippen LogP) is 5.06. The largest absolute Gasteiger partial charge is 0.495 e. The number of carbonyl (C=O) groups excluding carboxylic acids is 2. The van der Waals surface area contributed by atoms with Crippen LogP contribution >= 0.6 is 11.6 Å². The molecule has 1 aliphatic heterocycles. The number of carbonyl (C=O) groups is 2. The molecule has 1 aliphatic rings. The molecule has 0 unspecified atom stereocenters. The predicted molar refractivity (Wildman–Crippen MR) is 125 cm³/mol. The van der Waals surface area contributed by atoms with E-state index in [0.717, 1.165) is 10.5 Å². The fourth-order valence-corrected chi connectivity index (χ4v) is 3.86. The number of nitrogens with zero attached hydrogens (tertiary/aromatic N) is 1. The Kier molecular flexibility index (Phi) is 5.88. The highest BCUT2D eigenvalue weighted by Crippen LogP contribution is 2.39. The minimum absolute atomic E-state index is 0.158. The van der Waals surface area contributed by atoms with E-state index in [-0.39, 0.29) is 11.3 Å². The number of ether oxygens (including phenoxy) is 2. The second-order valence-electron chi connectivity index (χ2n) is 7.21. The Morgan fingerprint density at radius 2 is 1.53 bits per heavy atom. The first kappa shape index (κ1) is 21.5. The summed E-state index contributed by atoms with van der Waals surface area (Å²) >= 11 is 6.26. The van der Waals surface area contributed by atoms with Crippen molar-refractivity contribution < 1.29 is 19.1 Å². The van der Waals surface area contributed by atoms with Gasteiger partial charge in [0.05, 0.1) is 30.5 Å². The molecule has 0 aromatic heterocycles. The standard InChI is InChI=1S/C25H21ClN2O4/c1-15-9-11-21(32-3)19(13-15)28-24(29)22(16-7-5-4-6-8-16)23(25(28)30)27-17-10-12-20(31-2)18(26)14-17/h4-14,27H,1-3H3. The molecule has 3 aromatic rings. The summed E-state index contributed by atoms with van der Waals surface area (Å²) in [5, 5.41) is 3.48. The maximum absolute atomic E-state index is 13.6. The molecule has 0 saturated carbocycles. The summed E-state index contributed by atoms with van der Waals surface area (Å²) in [5.74, 6) is 0.0183. The third-order valence-corrected chi connectivity index (χ3v) is 5.44. The van der Waals surface area contributed by atoms with E-state index in [2.05, 4.69) is 5.32 Å². The lowest BCUT2D eigenvalue weighted by Crippen LogP contribution is -2.32. The SMILES string of the molecule is COc1ccc(NC2=C(c3ccccc3)C(=O)N(c3cc(C)ccc3OC)C2=O)cc1Cl. The van der Waals surface area contributed by atoms with Gasteiger partial charge in [0.2, 0.25) is 0 Å². The number of aryl methyl sites for hydroxylation is 1. The van der Waals surface area contributed by atoms with Gasteiger partial charge < -0.3 is 14.8 Å². The van der Waals surface area contributed by atoms with Crippen LogP contribution < -0.4 is 19.7 Å². The molecule has 1 N–H and O–H groups in total. The molecule has 7 heteroatoms. The highest BCUT2D eigenvalue weighted by Gasteiger charge is 2.41. The van der Waals surface area contributed by atoms with E-state index in [1.165, 1.54) is 14.2 Å².